The fourth-order valence-corrected chi connectivity index (χ4v) is 2.33. The lowest BCUT2D eigenvalue weighted by Crippen LogP contribution is -2.30. The van der Waals surface area contributed by atoms with Gasteiger partial charge >= 0.3 is 0 Å². The smallest absolute Gasteiger partial charge is 0.137 e. The zero-order valence-corrected chi connectivity index (χ0v) is 10.9. The summed E-state index contributed by atoms with van der Waals surface area (Å²) in [4.78, 5) is 4.15. The van der Waals surface area contributed by atoms with Gasteiger partial charge in [0.1, 0.15) is 5.75 Å². The molecule has 100 valence electrons. The lowest BCUT2D eigenvalue weighted by Gasteiger charge is -2.27. The number of hydrogen-bond donors (Lipinski definition) is 2. The molecule has 18 heavy (non-hydrogen) atoms. The highest BCUT2D eigenvalue weighted by molar-refractivity contribution is 5.25. The second-order valence-electron chi connectivity index (χ2n) is 4.83. The minimum atomic E-state index is -0.426. The molecule has 2 rings (SSSR count). The maximum absolute atomic E-state index is 10.4. The van der Waals surface area contributed by atoms with E-state index in [9.17, 15) is 5.11 Å². The van der Waals surface area contributed by atoms with E-state index in [2.05, 4.69) is 17.2 Å². The molecule has 1 aliphatic heterocycles. The lowest BCUT2D eigenvalue weighted by molar-refractivity contribution is 0.0883. The second kappa shape index (κ2) is 6.71. The van der Waals surface area contributed by atoms with E-state index in [0.29, 0.717) is 12.5 Å². The van der Waals surface area contributed by atoms with Crippen molar-refractivity contribution in [2.45, 2.75) is 32.3 Å². The quantitative estimate of drug-likeness (QED) is 0.838. The number of hydrogen-bond acceptors (Lipinski definition) is 4. The van der Waals surface area contributed by atoms with Gasteiger partial charge in [0.2, 0.25) is 0 Å². The van der Waals surface area contributed by atoms with Crippen molar-refractivity contribution in [3.8, 4) is 5.75 Å². The first kappa shape index (κ1) is 13.3. The first-order chi connectivity index (χ1) is 8.81. The fourth-order valence-electron chi connectivity index (χ4n) is 2.33. The van der Waals surface area contributed by atoms with Crippen molar-refractivity contribution >= 4 is 0 Å². The Balaban J connectivity index is 2.02. The highest BCUT2D eigenvalue weighted by Crippen LogP contribution is 2.29. The minimum Gasteiger partial charge on any atom is -0.492 e. The van der Waals surface area contributed by atoms with E-state index in [0.717, 1.165) is 43.7 Å². The van der Waals surface area contributed by atoms with Gasteiger partial charge in [-0.15, -0.1) is 0 Å². The van der Waals surface area contributed by atoms with Gasteiger partial charge in [-0.2, -0.15) is 0 Å². The molecule has 1 fully saturated rings. The third kappa shape index (κ3) is 3.43. The van der Waals surface area contributed by atoms with E-state index in [4.69, 9.17) is 4.74 Å². The molecule has 2 heterocycles. The molecule has 0 bridgehead atoms. The molecule has 1 aliphatic rings. The highest BCUT2D eigenvalue weighted by Gasteiger charge is 2.23. The van der Waals surface area contributed by atoms with Gasteiger partial charge in [0.25, 0.3) is 0 Å². The molecule has 1 aromatic rings. The third-order valence-corrected chi connectivity index (χ3v) is 3.38. The van der Waals surface area contributed by atoms with Gasteiger partial charge in [-0.1, -0.05) is 6.92 Å². The van der Waals surface area contributed by atoms with E-state index in [1.165, 1.54) is 0 Å². The SMILES string of the molecule is CCCOc1cncc(C(O)C2CCNCC2)c1. The average Bonchev–Trinajstić information content (AvgIpc) is 2.45. The van der Waals surface area contributed by atoms with E-state index >= 15 is 0 Å². The molecule has 1 aromatic heterocycles. The van der Waals surface area contributed by atoms with Crippen LogP contribution in [0, 0.1) is 5.92 Å². The van der Waals surface area contributed by atoms with Crippen LogP contribution in [0.15, 0.2) is 18.5 Å². The zero-order chi connectivity index (χ0) is 12.8. The lowest BCUT2D eigenvalue weighted by atomic mass is 9.89. The first-order valence-corrected chi connectivity index (χ1v) is 6.77. The summed E-state index contributed by atoms with van der Waals surface area (Å²) in [5.41, 5.74) is 0.871. The number of nitrogens with zero attached hydrogens (tertiary/aromatic N) is 1. The van der Waals surface area contributed by atoms with E-state index < -0.39 is 6.10 Å². The Morgan fingerprint density at radius 1 is 1.44 bits per heavy atom. The maximum atomic E-state index is 10.4. The van der Waals surface area contributed by atoms with Crippen molar-refractivity contribution < 1.29 is 9.84 Å². The number of piperidine rings is 1. The molecule has 0 aliphatic carbocycles. The van der Waals surface area contributed by atoms with Crippen molar-refractivity contribution in [3.63, 3.8) is 0 Å². The van der Waals surface area contributed by atoms with Crippen LogP contribution in [-0.4, -0.2) is 29.8 Å². The minimum absolute atomic E-state index is 0.328. The molecule has 4 nitrogen and oxygen atoms in total. The summed E-state index contributed by atoms with van der Waals surface area (Å²) in [7, 11) is 0. The summed E-state index contributed by atoms with van der Waals surface area (Å²) in [6.45, 7) is 4.73. The van der Waals surface area contributed by atoms with Gasteiger partial charge in [-0.3, -0.25) is 4.98 Å². The van der Waals surface area contributed by atoms with Crippen LogP contribution in [0.1, 0.15) is 37.9 Å². The van der Waals surface area contributed by atoms with Gasteiger partial charge in [-0.25, -0.2) is 0 Å². The first-order valence-electron chi connectivity index (χ1n) is 6.77. The van der Waals surface area contributed by atoms with Crippen LogP contribution in [-0.2, 0) is 0 Å². The predicted octanol–water partition coefficient (Wildman–Crippen LogP) is 1.90. The Hall–Kier alpha value is -1.13. The van der Waals surface area contributed by atoms with Crippen molar-refractivity contribution in [3.05, 3.63) is 24.0 Å². The van der Waals surface area contributed by atoms with E-state index in [1.54, 1.807) is 12.4 Å². The van der Waals surface area contributed by atoms with Gasteiger partial charge in [0.05, 0.1) is 18.9 Å². The standard InChI is InChI=1S/C14H22N2O2/c1-2-7-18-13-8-12(9-16-10-13)14(17)11-3-5-15-6-4-11/h8-11,14-15,17H,2-7H2,1H3. The van der Waals surface area contributed by atoms with Crippen LogP contribution in [0.2, 0.25) is 0 Å². The Morgan fingerprint density at radius 3 is 2.94 bits per heavy atom. The van der Waals surface area contributed by atoms with Crippen molar-refractivity contribution in [2.24, 2.45) is 5.92 Å². The highest BCUT2D eigenvalue weighted by atomic mass is 16.5. The molecule has 1 saturated heterocycles. The maximum Gasteiger partial charge on any atom is 0.137 e. The zero-order valence-electron chi connectivity index (χ0n) is 10.9. The van der Waals surface area contributed by atoms with Crippen LogP contribution in [0.5, 0.6) is 5.75 Å². The number of pyridine rings is 1. The predicted molar refractivity (Wildman–Crippen MR) is 70.6 cm³/mol. The Labute approximate surface area is 108 Å². The molecule has 1 unspecified atom stereocenters. The van der Waals surface area contributed by atoms with Gasteiger partial charge in [0.15, 0.2) is 0 Å². The third-order valence-electron chi connectivity index (χ3n) is 3.38. The average molecular weight is 250 g/mol. The normalized spacial score (nSPS) is 18.6. The summed E-state index contributed by atoms with van der Waals surface area (Å²) in [6.07, 6.45) is 6.02. The van der Waals surface area contributed by atoms with Crippen LogP contribution in [0.4, 0.5) is 0 Å². The number of nitrogens with one attached hydrogen (secondary N) is 1. The topological polar surface area (TPSA) is 54.4 Å². The molecule has 0 radical (unpaired) electrons. The van der Waals surface area contributed by atoms with Crippen LogP contribution in [0.25, 0.3) is 0 Å². The van der Waals surface area contributed by atoms with Gasteiger partial charge in [0, 0.05) is 11.8 Å². The van der Waals surface area contributed by atoms with Crippen molar-refractivity contribution in [1.82, 2.24) is 10.3 Å². The molecule has 2 N–H and O–H groups in total. The Morgan fingerprint density at radius 2 is 2.22 bits per heavy atom. The van der Waals surface area contributed by atoms with Crippen LogP contribution >= 0.6 is 0 Å². The van der Waals surface area contributed by atoms with Crippen LogP contribution in [0.3, 0.4) is 0 Å². The number of aromatic nitrogens is 1. The van der Waals surface area contributed by atoms with Gasteiger partial charge < -0.3 is 15.2 Å². The van der Waals surface area contributed by atoms with Crippen molar-refractivity contribution in [2.75, 3.05) is 19.7 Å². The van der Waals surface area contributed by atoms with Crippen LogP contribution < -0.4 is 10.1 Å². The number of aliphatic hydroxyl groups is 1. The molecule has 1 atom stereocenters. The van der Waals surface area contributed by atoms with E-state index in [-0.39, 0.29) is 0 Å². The largest absolute Gasteiger partial charge is 0.492 e. The Kier molecular flexibility index (Phi) is 4.96. The second-order valence-corrected chi connectivity index (χ2v) is 4.83. The number of aliphatic hydroxyl groups excluding tert-OH is 1. The van der Waals surface area contributed by atoms with Gasteiger partial charge in [-0.05, 0) is 44.3 Å². The van der Waals surface area contributed by atoms with E-state index in [1.807, 2.05) is 6.07 Å². The monoisotopic (exact) mass is 250 g/mol. The summed E-state index contributed by atoms with van der Waals surface area (Å²) >= 11 is 0. The molecule has 0 amide bonds. The Bertz CT molecular complexity index is 365. The summed E-state index contributed by atoms with van der Waals surface area (Å²) in [6, 6.07) is 1.91. The molecule has 0 spiro atoms. The van der Waals surface area contributed by atoms with Crippen molar-refractivity contribution in [1.29, 1.82) is 0 Å². The number of ether oxygens (including phenoxy) is 1. The summed E-state index contributed by atoms with van der Waals surface area (Å²) in [5, 5.41) is 13.7. The molecule has 0 saturated carbocycles. The fraction of sp³-hybridized carbons (Fsp3) is 0.643. The summed E-state index contributed by atoms with van der Waals surface area (Å²) < 4.78 is 5.55. The summed E-state index contributed by atoms with van der Waals surface area (Å²) in [5.74, 6) is 1.08. The molecular formula is C14H22N2O2. The number of rotatable bonds is 5. The molecular weight excluding hydrogens is 228 g/mol. The molecule has 4 heteroatoms. The molecule has 0 aromatic carbocycles.